The molecular formula is C7H14N2O4. The molecule has 0 aromatic rings. The average Bonchev–Trinajstić information content (AvgIpc) is 1.97. The second kappa shape index (κ2) is 4.78. The molecule has 0 heterocycles. The third kappa shape index (κ3) is 3.86. The van der Waals surface area contributed by atoms with Crippen LogP contribution in [0, 0.1) is 5.92 Å². The maximum atomic E-state index is 10.6. The van der Waals surface area contributed by atoms with Gasteiger partial charge in [-0.25, -0.2) is 0 Å². The van der Waals surface area contributed by atoms with Crippen LogP contribution in [0.3, 0.4) is 0 Å². The van der Waals surface area contributed by atoms with Crippen molar-refractivity contribution in [1.82, 2.24) is 0 Å². The van der Waals surface area contributed by atoms with Crippen molar-refractivity contribution in [2.45, 2.75) is 25.4 Å². The molecule has 6 heteroatoms. The van der Waals surface area contributed by atoms with Gasteiger partial charge in [0.2, 0.25) is 0 Å². The lowest BCUT2D eigenvalue weighted by atomic mass is 9.92. The van der Waals surface area contributed by atoms with E-state index in [0.717, 1.165) is 0 Å². The average molecular weight is 190 g/mol. The molecule has 3 unspecified atom stereocenters. The standard InChI is InChI=1S/C7H14N2O4/c1-3(8)6(9)4(7(12)13)2-5(10)11/h3-4,6H,2,8-9H2,1H3,(H,10,11)(H,12,13). The van der Waals surface area contributed by atoms with Crippen molar-refractivity contribution >= 4 is 11.9 Å². The second-order valence-corrected chi connectivity index (χ2v) is 2.98. The highest BCUT2D eigenvalue weighted by atomic mass is 16.4. The Labute approximate surface area is 75.5 Å². The fraction of sp³-hybridized carbons (Fsp3) is 0.714. The molecule has 0 bridgehead atoms. The van der Waals surface area contributed by atoms with E-state index in [0.29, 0.717) is 0 Å². The minimum absolute atomic E-state index is 0.502. The minimum Gasteiger partial charge on any atom is -0.481 e. The van der Waals surface area contributed by atoms with Gasteiger partial charge in [0.1, 0.15) is 0 Å². The summed E-state index contributed by atoms with van der Waals surface area (Å²) in [5.41, 5.74) is 10.8. The maximum absolute atomic E-state index is 10.6. The van der Waals surface area contributed by atoms with Crippen LogP contribution in [0.1, 0.15) is 13.3 Å². The molecule has 0 aliphatic carbocycles. The molecule has 0 saturated carbocycles. The predicted molar refractivity (Wildman–Crippen MR) is 45.0 cm³/mol. The van der Waals surface area contributed by atoms with Crippen molar-refractivity contribution < 1.29 is 19.8 Å². The van der Waals surface area contributed by atoms with Gasteiger partial charge in [0.05, 0.1) is 12.3 Å². The summed E-state index contributed by atoms with van der Waals surface area (Å²) in [5, 5.41) is 17.0. The normalized spacial score (nSPS) is 17.5. The zero-order valence-electron chi connectivity index (χ0n) is 7.30. The summed E-state index contributed by atoms with van der Waals surface area (Å²) in [6.07, 6.45) is -0.502. The molecule has 6 nitrogen and oxygen atoms in total. The van der Waals surface area contributed by atoms with E-state index in [4.69, 9.17) is 21.7 Å². The molecule has 76 valence electrons. The van der Waals surface area contributed by atoms with E-state index in [1.165, 1.54) is 0 Å². The Morgan fingerprint density at radius 2 is 1.77 bits per heavy atom. The Morgan fingerprint density at radius 3 is 2.00 bits per heavy atom. The number of carboxylic acids is 2. The van der Waals surface area contributed by atoms with Crippen molar-refractivity contribution in [3.8, 4) is 0 Å². The number of hydrogen-bond donors (Lipinski definition) is 4. The lowest BCUT2D eigenvalue weighted by Crippen LogP contribution is -2.48. The van der Waals surface area contributed by atoms with Gasteiger partial charge in [0.25, 0.3) is 0 Å². The molecule has 0 aromatic heterocycles. The van der Waals surface area contributed by atoms with Crippen LogP contribution in [0.15, 0.2) is 0 Å². The zero-order valence-corrected chi connectivity index (χ0v) is 7.30. The highest BCUT2D eigenvalue weighted by Crippen LogP contribution is 2.10. The molecule has 3 atom stereocenters. The summed E-state index contributed by atoms with van der Waals surface area (Å²) < 4.78 is 0. The summed E-state index contributed by atoms with van der Waals surface area (Å²) in [7, 11) is 0. The molecule has 0 rings (SSSR count). The van der Waals surface area contributed by atoms with E-state index in [1.54, 1.807) is 6.92 Å². The minimum atomic E-state index is -1.23. The first-order chi connectivity index (χ1) is 5.86. The van der Waals surface area contributed by atoms with E-state index in [9.17, 15) is 9.59 Å². The first-order valence-electron chi connectivity index (χ1n) is 3.82. The Morgan fingerprint density at radius 1 is 1.31 bits per heavy atom. The summed E-state index contributed by atoms with van der Waals surface area (Å²) >= 11 is 0. The molecule has 0 aromatic carbocycles. The van der Waals surface area contributed by atoms with Crippen LogP contribution >= 0.6 is 0 Å². The number of hydrogen-bond acceptors (Lipinski definition) is 4. The lowest BCUT2D eigenvalue weighted by Gasteiger charge is -2.21. The zero-order chi connectivity index (χ0) is 10.6. The van der Waals surface area contributed by atoms with Crippen LogP contribution in [-0.2, 0) is 9.59 Å². The van der Waals surface area contributed by atoms with Crippen molar-refractivity contribution in [3.63, 3.8) is 0 Å². The van der Waals surface area contributed by atoms with Gasteiger partial charge < -0.3 is 21.7 Å². The van der Waals surface area contributed by atoms with Crippen molar-refractivity contribution in [2.24, 2.45) is 17.4 Å². The fourth-order valence-corrected chi connectivity index (χ4v) is 0.943. The number of rotatable bonds is 5. The van der Waals surface area contributed by atoms with Gasteiger partial charge >= 0.3 is 11.9 Å². The van der Waals surface area contributed by atoms with Crippen molar-refractivity contribution in [3.05, 3.63) is 0 Å². The van der Waals surface area contributed by atoms with E-state index in [2.05, 4.69) is 0 Å². The van der Waals surface area contributed by atoms with Gasteiger partial charge in [0.15, 0.2) is 0 Å². The Hall–Kier alpha value is -1.14. The Kier molecular flexibility index (Phi) is 4.36. The highest BCUT2D eigenvalue weighted by Gasteiger charge is 2.29. The van der Waals surface area contributed by atoms with E-state index >= 15 is 0 Å². The van der Waals surface area contributed by atoms with Gasteiger partial charge in [-0.1, -0.05) is 0 Å². The second-order valence-electron chi connectivity index (χ2n) is 2.98. The fourth-order valence-electron chi connectivity index (χ4n) is 0.943. The van der Waals surface area contributed by atoms with E-state index < -0.39 is 36.4 Å². The smallest absolute Gasteiger partial charge is 0.308 e. The van der Waals surface area contributed by atoms with Crippen molar-refractivity contribution in [1.29, 1.82) is 0 Å². The van der Waals surface area contributed by atoms with E-state index in [-0.39, 0.29) is 0 Å². The Balaban J connectivity index is 4.41. The molecule has 0 saturated heterocycles. The predicted octanol–water partition coefficient (Wildman–Crippen LogP) is -1.16. The largest absolute Gasteiger partial charge is 0.481 e. The van der Waals surface area contributed by atoms with Gasteiger partial charge in [-0.15, -0.1) is 0 Å². The molecule has 0 spiro atoms. The van der Waals surface area contributed by atoms with Crippen LogP contribution in [-0.4, -0.2) is 34.2 Å². The van der Waals surface area contributed by atoms with E-state index in [1.807, 2.05) is 0 Å². The van der Waals surface area contributed by atoms with Crippen LogP contribution in [0.2, 0.25) is 0 Å². The quantitative estimate of drug-likeness (QED) is 0.433. The molecule has 0 aliphatic heterocycles. The first-order valence-corrected chi connectivity index (χ1v) is 3.82. The topological polar surface area (TPSA) is 127 Å². The highest BCUT2D eigenvalue weighted by molar-refractivity contribution is 5.78. The summed E-state index contributed by atoms with van der Waals surface area (Å²) in [4.78, 5) is 20.9. The number of carbonyl (C=O) groups is 2. The van der Waals surface area contributed by atoms with Gasteiger partial charge in [0, 0.05) is 12.1 Å². The summed E-state index contributed by atoms with van der Waals surface area (Å²) in [5.74, 6) is -3.55. The lowest BCUT2D eigenvalue weighted by molar-refractivity contribution is -0.149. The molecule has 0 fully saturated rings. The third-order valence-corrected chi connectivity index (χ3v) is 1.78. The molecule has 0 amide bonds. The van der Waals surface area contributed by atoms with Crippen LogP contribution in [0.25, 0.3) is 0 Å². The van der Waals surface area contributed by atoms with Gasteiger partial charge in [-0.2, -0.15) is 0 Å². The SMILES string of the molecule is CC(N)C(N)C(CC(=O)O)C(=O)O. The van der Waals surface area contributed by atoms with Gasteiger partial charge in [-0.05, 0) is 6.92 Å². The first kappa shape index (κ1) is 11.9. The van der Waals surface area contributed by atoms with Crippen LogP contribution < -0.4 is 11.5 Å². The molecule has 0 aliphatic rings. The van der Waals surface area contributed by atoms with Crippen LogP contribution in [0.4, 0.5) is 0 Å². The molecular weight excluding hydrogens is 176 g/mol. The molecule has 6 N–H and O–H groups in total. The number of nitrogens with two attached hydrogens (primary N) is 2. The monoisotopic (exact) mass is 190 g/mol. The summed E-state index contributed by atoms with van der Waals surface area (Å²) in [6, 6.07) is -1.38. The van der Waals surface area contributed by atoms with Crippen LogP contribution in [0.5, 0.6) is 0 Å². The van der Waals surface area contributed by atoms with Crippen molar-refractivity contribution in [2.75, 3.05) is 0 Å². The molecule has 13 heavy (non-hydrogen) atoms. The molecule has 0 radical (unpaired) electrons. The summed E-state index contributed by atoms with van der Waals surface area (Å²) in [6.45, 7) is 1.54. The number of carboxylic acid groups (broad SMARTS) is 2. The third-order valence-electron chi connectivity index (χ3n) is 1.78. The number of aliphatic carboxylic acids is 2. The Bertz CT molecular complexity index is 205. The van der Waals surface area contributed by atoms with Gasteiger partial charge in [-0.3, -0.25) is 9.59 Å². The maximum Gasteiger partial charge on any atom is 0.308 e.